The van der Waals surface area contributed by atoms with Crippen LogP contribution in [0.5, 0.6) is 5.75 Å². The Bertz CT molecular complexity index is 680. The van der Waals surface area contributed by atoms with Gasteiger partial charge in [-0.2, -0.15) is 5.26 Å². The lowest BCUT2D eigenvalue weighted by Crippen LogP contribution is -2.08. The van der Waals surface area contributed by atoms with Gasteiger partial charge in [-0.25, -0.2) is 8.78 Å². The Morgan fingerprint density at radius 1 is 1.19 bits per heavy atom. The van der Waals surface area contributed by atoms with Crippen LogP contribution in [0.1, 0.15) is 16.7 Å². The van der Waals surface area contributed by atoms with Gasteiger partial charge in [-0.05, 0) is 31.3 Å². The van der Waals surface area contributed by atoms with Crippen molar-refractivity contribution >= 4 is 0 Å². The van der Waals surface area contributed by atoms with Crippen LogP contribution < -0.4 is 10.1 Å². The van der Waals surface area contributed by atoms with E-state index in [0.717, 1.165) is 0 Å². The van der Waals surface area contributed by atoms with Crippen LogP contribution in [0.4, 0.5) is 8.78 Å². The molecule has 2 rings (SSSR count). The van der Waals surface area contributed by atoms with Crippen LogP contribution in [0.15, 0.2) is 36.4 Å². The first-order chi connectivity index (χ1) is 10.2. The molecular formula is C16H14F2N2O. The minimum atomic E-state index is -0.586. The van der Waals surface area contributed by atoms with Gasteiger partial charge in [0.25, 0.3) is 0 Å². The maximum absolute atomic E-state index is 13.9. The second-order valence-electron chi connectivity index (χ2n) is 4.46. The second kappa shape index (κ2) is 6.82. The van der Waals surface area contributed by atoms with Gasteiger partial charge in [0.05, 0.1) is 5.56 Å². The molecular weight excluding hydrogens is 274 g/mol. The van der Waals surface area contributed by atoms with E-state index < -0.39 is 5.82 Å². The molecule has 0 radical (unpaired) electrons. The molecule has 5 heteroatoms. The van der Waals surface area contributed by atoms with E-state index in [1.807, 2.05) is 0 Å². The Morgan fingerprint density at radius 2 is 2.00 bits per heavy atom. The number of nitrogens with zero attached hydrogens (tertiary/aromatic N) is 1. The molecule has 0 spiro atoms. The number of nitriles is 1. The summed E-state index contributed by atoms with van der Waals surface area (Å²) in [5.74, 6) is -0.463. The number of halogens is 2. The first kappa shape index (κ1) is 14.9. The Labute approximate surface area is 121 Å². The van der Waals surface area contributed by atoms with Crippen LogP contribution in [0.2, 0.25) is 0 Å². The van der Waals surface area contributed by atoms with E-state index in [1.54, 1.807) is 25.2 Å². The Hall–Kier alpha value is -2.45. The predicted molar refractivity (Wildman–Crippen MR) is 74.6 cm³/mol. The molecule has 2 aromatic rings. The van der Waals surface area contributed by atoms with Crippen molar-refractivity contribution in [2.45, 2.75) is 13.2 Å². The zero-order valence-electron chi connectivity index (χ0n) is 11.5. The molecule has 1 N–H and O–H groups in total. The third kappa shape index (κ3) is 3.56. The van der Waals surface area contributed by atoms with Crippen molar-refractivity contribution in [2.75, 3.05) is 7.05 Å². The molecule has 2 aromatic carbocycles. The third-order valence-corrected chi connectivity index (χ3v) is 2.97. The Morgan fingerprint density at radius 3 is 2.71 bits per heavy atom. The minimum Gasteiger partial charge on any atom is -0.488 e. The van der Waals surface area contributed by atoms with Crippen molar-refractivity contribution in [3.8, 4) is 11.8 Å². The molecule has 0 aliphatic carbocycles. The lowest BCUT2D eigenvalue weighted by atomic mass is 10.1. The lowest BCUT2D eigenvalue weighted by molar-refractivity contribution is 0.295. The summed E-state index contributed by atoms with van der Waals surface area (Å²) in [6.45, 7) is 0.414. The average molecular weight is 288 g/mol. The molecule has 0 unspecified atom stereocenters. The normalized spacial score (nSPS) is 10.2. The summed E-state index contributed by atoms with van der Waals surface area (Å²) in [6, 6.07) is 10.5. The number of nitrogens with one attached hydrogen (secondary N) is 1. The predicted octanol–water partition coefficient (Wildman–Crippen LogP) is 3.13. The molecule has 0 amide bonds. The zero-order valence-corrected chi connectivity index (χ0v) is 11.5. The maximum atomic E-state index is 13.9. The van der Waals surface area contributed by atoms with Crippen molar-refractivity contribution in [1.82, 2.24) is 5.32 Å². The Kier molecular flexibility index (Phi) is 4.85. The number of hydrogen-bond donors (Lipinski definition) is 1. The van der Waals surface area contributed by atoms with E-state index in [4.69, 9.17) is 10.00 Å². The molecule has 108 valence electrons. The first-order valence-corrected chi connectivity index (χ1v) is 6.39. The van der Waals surface area contributed by atoms with E-state index in [-0.39, 0.29) is 23.6 Å². The molecule has 0 heterocycles. The molecule has 0 bridgehead atoms. The molecule has 0 saturated carbocycles. The number of rotatable bonds is 5. The summed E-state index contributed by atoms with van der Waals surface area (Å²) in [6.07, 6.45) is 0. The van der Waals surface area contributed by atoms with Crippen LogP contribution in [-0.4, -0.2) is 7.05 Å². The Balaban J connectivity index is 2.19. The first-order valence-electron chi connectivity index (χ1n) is 6.39. The number of hydrogen-bond acceptors (Lipinski definition) is 3. The summed E-state index contributed by atoms with van der Waals surface area (Å²) in [7, 11) is 1.74. The number of benzene rings is 2. The van der Waals surface area contributed by atoms with E-state index in [2.05, 4.69) is 5.32 Å². The largest absolute Gasteiger partial charge is 0.488 e. The molecule has 0 aliphatic heterocycles. The topological polar surface area (TPSA) is 45.0 Å². The van der Waals surface area contributed by atoms with Crippen molar-refractivity contribution in [3.05, 3.63) is 64.7 Å². The van der Waals surface area contributed by atoms with Gasteiger partial charge in [0.15, 0.2) is 0 Å². The van der Waals surface area contributed by atoms with Gasteiger partial charge in [-0.3, -0.25) is 0 Å². The van der Waals surface area contributed by atoms with Gasteiger partial charge in [-0.1, -0.05) is 12.1 Å². The maximum Gasteiger partial charge on any atom is 0.147 e. The van der Waals surface area contributed by atoms with Crippen molar-refractivity contribution in [1.29, 1.82) is 5.26 Å². The van der Waals surface area contributed by atoms with Gasteiger partial charge in [0, 0.05) is 17.7 Å². The van der Waals surface area contributed by atoms with Crippen LogP contribution in [0, 0.1) is 23.0 Å². The highest BCUT2D eigenvalue weighted by molar-refractivity contribution is 5.36. The average Bonchev–Trinajstić information content (AvgIpc) is 2.48. The van der Waals surface area contributed by atoms with E-state index in [1.165, 1.54) is 24.3 Å². The highest BCUT2D eigenvalue weighted by Crippen LogP contribution is 2.22. The fraction of sp³-hybridized carbons (Fsp3) is 0.188. The minimum absolute atomic E-state index is 0.0225. The van der Waals surface area contributed by atoms with Crippen molar-refractivity contribution in [2.24, 2.45) is 0 Å². The highest BCUT2D eigenvalue weighted by atomic mass is 19.1. The standard InChI is InChI=1S/C16H14F2N2O/c1-20-9-13-7-14(17)5-6-15(13)21-10-12-4-2-3-11(8-19)16(12)18/h2-7,20H,9-10H2,1H3. The van der Waals surface area contributed by atoms with E-state index in [9.17, 15) is 8.78 Å². The summed E-state index contributed by atoms with van der Waals surface area (Å²) in [5.41, 5.74) is 0.911. The monoisotopic (exact) mass is 288 g/mol. The zero-order chi connectivity index (χ0) is 15.2. The molecule has 0 atom stereocenters. The SMILES string of the molecule is CNCc1cc(F)ccc1OCc1cccc(C#N)c1F. The van der Waals surface area contributed by atoms with Crippen molar-refractivity contribution in [3.63, 3.8) is 0 Å². The van der Waals surface area contributed by atoms with Gasteiger partial charge < -0.3 is 10.1 Å². The quantitative estimate of drug-likeness (QED) is 0.919. The summed E-state index contributed by atoms with van der Waals surface area (Å²) in [4.78, 5) is 0. The number of ether oxygens (including phenoxy) is 1. The van der Waals surface area contributed by atoms with E-state index in [0.29, 0.717) is 17.9 Å². The summed E-state index contributed by atoms with van der Waals surface area (Å²) in [5, 5.41) is 11.7. The molecule has 0 fully saturated rings. The third-order valence-electron chi connectivity index (χ3n) is 2.97. The lowest BCUT2D eigenvalue weighted by Gasteiger charge is -2.12. The van der Waals surface area contributed by atoms with Crippen LogP contribution in [-0.2, 0) is 13.2 Å². The summed E-state index contributed by atoms with van der Waals surface area (Å²) >= 11 is 0. The molecule has 0 aliphatic rings. The van der Waals surface area contributed by atoms with Crippen molar-refractivity contribution < 1.29 is 13.5 Å². The summed E-state index contributed by atoms with van der Waals surface area (Å²) < 4.78 is 32.7. The molecule has 0 aromatic heterocycles. The van der Waals surface area contributed by atoms with E-state index >= 15 is 0 Å². The molecule has 3 nitrogen and oxygen atoms in total. The second-order valence-corrected chi connectivity index (χ2v) is 4.46. The highest BCUT2D eigenvalue weighted by Gasteiger charge is 2.10. The smallest absolute Gasteiger partial charge is 0.147 e. The molecule has 21 heavy (non-hydrogen) atoms. The van der Waals surface area contributed by atoms with Crippen LogP contribution in [0.3, 0.4) is 0 Å². The van der Waals surface area contributed by atoms with Crippen LogP contribution in [0.25, 0.3) is 0 Å². The van der Waals surface area contributed by atoms with Gasteiger partial charge in [-0.15, -0.1) is 0 Å². The fourth-order valence-corrected chi connectivity index (χ4v) is 1.95. The van der Waals surface area contributed by atoms with Gasteiger partial charge in [0.2, 0.25) is 0 Å². The fourth-order valence-electron chi connectivity index (χ4n) is 1.95. The van der Waals surface area contributed by atoms with Gasteiger partial charge in [0.1, 0.15) is 30.1 Å². The molecule has 0 saturated heterocycles. The van der Waals surface area contributed by atoms with Gasteiger partial charge >= 0.3 is 0 Å². The van der Waals surface area contributed by atoms with Crippen LogP contribution >= 0.6 is 0 Å².